The number of halogens is 2. The normalized spacial score (nSPS) is 15.0. The Labute approximate surface area is 164 Å². The molecule has 4 nitrogen and oxygen atoms in total. The van der Waals surface area contributed by atoms with Crippen molar-refractivity contribution in [3.05, 3.63) is 59.7 Å². The minimum absolute atomic E-state index is 0.0101. The Kier molecular flexibility index (Phi) is 7.12. The number of carbonyl (C=O) groups is 1. The van der Waals surface area contributed by atoms with Gasteiger partial charge in [0, 0.05) is 45.5 Å². The van der Waals surface area contributed by atoms with Crippen LogP contribution in [-0.2, 0) is 4.74 Å². The third-order valence-electron chi connectivity index (χ3n) is 5.12. The van der Waals surface area contributed by atoms with Crippen molar-refractivity contribution < 1.29 is 18.3 Å². The highest BCUT2D eigenvalue weighted by atomic mass is 19.2. The van der Waals surface area contributed by atoms with Gasteiger partial charge in [-0.25, -0.2) is 8.78 Å². The Morgan fingerprint density at radius 1 is 0.929 bits per heavy atom. The molecular weight excluding hydrogens is 362 g/mol. The van der Waals surface area contributed by atoms with Crippen LogP contribution in [0, 0.1) is 11.6 Å². The van der Waals surface area contributed by atoms with Crippen LogP contribution in [0.2, 0.25) is 0 Å². The van der Waals surface area contributed by atoms with Gasteiger partial charge in [0.25, 0.3) is 5.91 Å². The SMILES string of the molecule is COCCCCN1CCN(C(=O)c2ccc(-c3ccc(F)c(F)c3)cc2)CC1. The van der Waals surface area contributed by atoms with Crippen molar-refractivity contribution >= 4 is 5.91 Å². The first-order chi connectivity index (χ1) is 13.6. The highest BCUT2D eigenvalue weighted by Gasteiger charge is 2.21. The summed E-state index contributed by atoms with van der Waals surface area (Å²) >= 11 is 0. The van der Waals surface area contributed by atoms with Crippen LogP contribution in [0.4, 0.5) is 8.78 Å². The van der Waals surface area contributed by atoms with Gasteiger partial charge in [-0.1, -0.05) is 18.2 Å². The molecule has 0 radical (unpaired) electrons. The largest absolute Gasteiger partial charge is 0.385 e. The van der Waals surface area contributed by atoms with Crippen molar-refractivity contribution in [3.63, 3.8) is 0 Å². The van der Waals surface area contributed by atoms with Crippen molar-refractivity contribution in [1.82, 2.24) is 9.80 Å². The topological polar surface area (TPSA) is 32.8 Å². The van der Waals surface area contributed by atoms with E-state index in [0.29, 0.717) is 24.2 Å². The molecule has 1 amide bonds. The Morgan fingerprint density at radius 3 is 2.25 bits per heavy atom. The van der Waals surface area contributed by atoms with Gasteiger partial charge in [0.15, 0.2) is 11.6 Å². The van der Waals surface area contributed by atoms with Crippen molar-refractivity contribution in [1.29, 1.82) is 0 Å². The summed E-state index contributed by atoms with van der Waals surface area (Å²) in [5, 5.41) is 0. The van der Waals surface area contributed by atoms with Gasteiger partial charge in [-0.2, -0.15) is 0 Å². The van der Waals surface area contributed by atoms with Crippen LogP contribution in [0.3, 0.4) is 0 Å². The summed E-state index contributed by atoms with van der Waals surface area (Å²) < 4.78 is 31.6. The van der Waals surface area contributed by atoms with Crippen molar-refractivity contribution in [2.24, 2.45) is 0 Å². The van der Waals surface area contributed by atoms with Crippen molar-refractivity contribution in [2.75, 3.05) is 46.4 Å². The molecule has 1 heterocycles. The predicted molar refractivity (Wildman–Crippen MR) is 105 cm³/mol. The smallest absolute Gasteiger partial charge is 0.253 e. The van der Waals surface area contributed by atoms with E-state index in [-0.39, 0.29) is 5.91 Å². The number of hydrogen-bond acceptors (Lipinski definition) is 3. The molecule has 0 aliphatic carbocycles. The lowest BCUT2D eigenvalue weighted by atomic mass is 10.0. The lowest BCUT2D eigenvalue weighted by Gasteiger charge is -2.34. The third-order valence-corrected chi connectivity index (χ3v) is 5.12. The van der Waals surface area contributed by atoms with E-state index in [4.69, 9.17) is 4.74 Å². The molecule has 1 aliphatic heterocycles. The van der Waals surface area contributed by atoms with E-state index < -0.39 is 11.6 Å². The number of amides is 1. The van der Waals surface area contributed by atoms with Gasteiger partial charge < -0.3 is 9.64 Å². The fourth-order valence-electron chi connectivity index (χ4n) is 3.42. The van der Waals surface area contributed by atoms with Gasteiger partial charge in [0.2, 0.25) is 0 Å². The summed E-state index contributed by atoms with van der Waals surface area (Å²) in [7, 11) is 1.72. The molecule has 0 bridgehead atoms. The molecule has 0 spiro atoms. The standard InChI is InChI=1S/C22H26F2N2O2/c1-28-15-3-2-10-25-11-13-26(14-12-25)22(27)18-6-4-17(5-7-18)19-8-9-20(23)21(24)16-19/h4-9,16H,2-3,10-15H2,1H3. The van der Waals surface area contributed by atoms with Crippen molar-refractivity contribution in [3.8, 4) is 11.1 Å². The number of benzene rings is 2. The number of ether oxygens (including phenoxy) is 1. The fraction of sp³-hybridized carbons (Fsp3) is 0.409. The first kappa shape index (κ1) is 20.4. The second-order valence-corrected chi connectivity index (χ2v) is 7.04. The first-order valence-corrected chi connectivity index (χ1v) is 9.64. The maximum atomic E-state index is 13.4. The molecule has 1 aliphatic rings. The van der Waals surface area contributed by atoms with Crippen LogP contribution in [-0.4, -0.2) is 62.1 Å². The van der Waals surface area contributed by atoms with Gasteiger partial charge in [0.1, 0.15) is 0 Å². The number of nitrogens with zero attached hydrogens (tertiary/aromatic N) is 2. The van der Waals surface area contributed by atoms with Crippen molar-refractivity contribution in [2.45, 2.75) is 12.8 Å². The summed E-state index contributed by atoms with van der Waals surface area (Å²) in [5.41, 5.74) is 1.94. The average molecular weight is 388 g/mol. The van der Waals surface area contributed by atoms with Gasteiger partial charge in [-0.15, -0.1) is 0 Å². The van der Waals surface area contributed by atoms with Gasteiger partial charge in [0.05, 0.1) is 0 Å². The first-order valence-electron chi connectivity index (χ1n) is 9.64. The molecule has 150 valence electrons. The number of hydrogen-bond donors (Lipinski definition) is 0. The van der Waals surface area contributed by atoms with E-state index in [1.165, 1.54) is 6.07 Å². The third kappa shape index (κ3) is 5.14. The van der Waals surface area contributed by atoms with E-state index in [1.54, 1.807) is 31.4 Å². The van der Waals surface area contributed by atoms with Crippen LogP contribution in [0.15, 0.2) is 42.5 Å². The van der Waals surface area contributed by atoms with Crippen LogP contribution in [0.1, 0.15) is 23.2 Å². The quantitative estimate of drug-likeness (QED) is 0.676. The Bertz CT molecular complexity index is 788. The number of carbonyl (C=O) groups excluding carboxylic acids is 1. The number of methoxy groups -OCH3 is 1. The zero-order valence-electron chi connectivity index (χ0n) is 16.2. The monoisotopic (exact) mass is 388 g/mol. The number of unbranched alkanes of at least 4 members (excludes halogenated alkanes) is 1. The predicted octanol–water partition coefficient (Wildman–Crippen LogP) is 3.82. The summed E-state index contributed by atoms with van der Waals surface area (Å²) in [5.74, 6) is -1.73. The van der Waals surface area contributed by atoms with E-state index >= 15 is 0 Å². The van der Waals surface area contributed by atoms with Crippen LogP contribution in [0.5, 0.6) is 0 Å². The maximum Gasteiger partial charge on any atom is 0.253 e. The summed E-state index contributed by atoms with van der Waals surface area (Å²) in [6, 6.07) is 10.8. The van der Waals surface area contributed by atoms with Crippen LogP contribution < -0.4 is 0 Å². The summed E-state index contributed by atoms with van der Waals surface area (Å²) in [4.78, 5) is 17.0. The van der Waals surface area contributed by atoms with Crippen LogP contribution in [0.25, 0.3) is 11.1 Å². The maximum absolute atomic E-state index is 13.4. The zero-order valence-corrected chi connectivity index (χ0v) is 16.2. The molecular formula is C22H26F2N2O2. The van der Waals surface area contributed by atoms with Gasteiger partial charge >= 0.3 is 0 Å². The average Bonchev–Trinajstić information content (AvgIpc) is 2.73. The molecule has 0 N–H and O–H groups in total. The molecule has 0 aromatic heterocycles. The summed E-state index contributed by atoms with van der Waals surface area (Å²) in [6.07, 6.45) is 2.16. The minimum atomic E-state index is -0.877. The molecule has 0 unspecified atom stereocenters. The molecule has 28 heavy (non-hydrogen) atoms. The van der Waals surface area contributed by atoms with E-state index in [9.17, 15) is 13.6 Å². The molecule has 0 atom stereocenters. The molecule has 2 aromatic carbocycles. The fourth-order valence-corrected chi connectivity index (χ4v) is 3.42. The highest BCUT2D eigenvalue weighted by Crippen LogP contribution is 2.22. The highest BCUT2D eigenvalue weighted by molar-refractivity contribution is 5.94. The number of rotatable bonds is 7. The minimum Gasteiger partial charge on any atom is -0.385 e. The second-order valence-electron chi connectivity index (χ2n) is 7.04. The van der Waals surface area contributed by atoms with E-state index in [0.717, 1.165) is 56.8 Å². The zero-order chi connectivity index (χ0) is 19.9. The molecule has 3 rings (SSSR count). The Morgan fingerprint density at radius 2 is 1.61 bits per heavy atom. The van der Waals surface area contributed by atoms with Gasteiger partial charge in [-0.3, -0.25) is 9.69 Å². The Hall–Kier alpha value is -2.31. The second kappa shape index (κ2) is 9.75. The van der Waals surface area contributed by atoms with E-state index in [2.05, 4.69) is 4.90 Å². The molecule has 6 heteroatoms. The lowest BCUT2D eigenvalue weighted by molar-refractivity contribution is 0.0632. The molecule has 1 saturated heterocycles. The van der Waals surface area contributed by atoms with E-state index in [1.807, 2.05) is 4.90 Å². The summed E-state index contributed by atoms with van der Waals surface area (Å²) in [6.45, 7) is 5.02. The van der Waals surface area contributed by atoms with Gasteiger partial charge in [-0.05, 0) is 54.8 Å². The molecule has 0 saturated carbocycles. The Balaban J connectivity index is 1.54. The van der Waals surface area contributed by atoms with Crippen LogP contribution >= 0.6 is 0 Å². The lowest BCUT2D eigenvalue weighted by Crippen LogP contribution is -2.48. The molecule has 1 fully saturated rings. The number of piperazine rings is 1. The molecule has 2 aromatic rings.